The van der Waals surface area contributed by atoms with Gasteiger partial charge in [-0.2, -0.15) is 8.42 Å². The molecule has 0 radical (unpaired) electrons. The first kappa shape index (κ1) is 18.2. The van der Waals surface area contributed by atoms with E-state index in [1.54, 1.807) is 30.5 Å². The van der Waals surface area contributed by atoms with Gasteiger partial charge in [-0.15, -0.1) is 0 Å². The van der Waals surface area contributed by atoms with E-state index in [0.717, 1.165) is 11.3 Å². The summed E-state index contributed by atoms with van der Waals surface area (Å²) in [4.78, 5) is 4.43. The summed E-state index contributed by atoms with van der Waals surface area (Å²) in [6.07, 6.45) is 1.71. The molecule has 0 amide bonds. The maximum Gasteiger partial charge on any atom is 0.339 e. The molecule has 132 valence electrons. The Morgan fingerprint density at radius 1 is 0.885 bits per heavy atom. The van der Waals surface area contributed by atoms with Crippen LogP contribution in [0.5, 0.6) is 5.75 Å². The Labute approximate surface area is 157 Å². The Morgan fingerprint density at radius 3 is 2.12 bits per heavy atom. The highest BCUT2D eigenvalue weighted by Crippen LogP contribution is 2.21. The van der Waals surface area contributed by atoms with Gasteiger partial charge in [0.25, 0.3) is 0 Å². The van der Waals surface area contributed by atoms with Crippen molar-refractivity contribution >= 4 is 33.6 Å². The summed E-state index contributed by atoms with van der Waals surface area (Å²) in [7, 11) is -3.89. The van der Waals surface area contributed by atoms with Crippen LogP contribution in [0.3, 0.4) is 0 Å². The van der Waals surface area contributed by atoms with Gasteiger partial charge in [0.05, 0.1) is 5.69 Å². The van der Waals surface area contributed by atoms with Crippen LogP contribution in [0.25, 0.3) is 0 Å². The largest absolute Gasteiger partial charge is 0.379 e. The normalized spacial score (nSPS) is 11.6. The fourth-order valence-corrected chi connectivity index (χ4v) is 3.22. The summed E-state index contributed by atoms with van der Waals surface area (Å²) in [5, 5.41) is 0.459. The van der Waals surface area contributed by atoms with Gasteiger partial charge in [-0.05, 0) is 73.2 Å². The van der Waals surface area contributed by atoms with Crippen molar-refractivity contribution in [3.05, 3.63) is 88.9 Å². The molecule has 0 unspecified atom stereocenters. The third kappa shape index (κ3) is 4.71. The minimum atomic E-state index is -3.89. The second kappa shape index (κ2) is 7.72. The van der Waals surface area contributed by atoms with Crippen LogP contribution in [0.15, 0.2) is 82.7 Å². The van der Waals surface area contributed by atoms with Crippen molar-refractivity contribution in [2.45, 2.75) is 11.8 Å². The number of aliphatic imine (C=N–C) groups is 1. The molecule has 0 fully saturated rings. The minimum absolute atomic E-state index is 0.0481. The molecule has 0 aliphatic carbocycles. The maximum atomic E-state index is 12.2. The average Bonchev–Trinajstić information content (AvgIpc) is 2.62. The van der Waals surface area contributed by atoms with Gasteiger partial charge in [-0.25, -0.2) is 0 Å². The van der Waals surface area contributed by atoms with E-state index < -0.39 is 10.1 Å². The molecule has 0 bridgehead atoms. The van der Waals surface area contributed by atoms with Crippen molar-refractivity contribution in [3.8, 4) is 5.75 Å². The zero-order valence-corrected chi connectivity index (χ0v) is 15.5. The molecular formula is C20H16ClNO3S. The highest BCUT2D eigenvalue weighted by Gasteiger charge is 2.16. The Hall–Kier alpha value is -2.63. The molecule has 4 nitrogen and oxygen atoms in total. The molecule has 0 heterocycles. The molecular weight excluding hydrogens is 370 g/mol. The molecule has 3 aromatic rings. The topological polar surface area (TPSA) is 55.7 Å². The van der Waals surface area contributed by atoms with E-state index in [4.69, 9.17) is 15.8 Å². The maximum absolute atomic E-state index is 12.2. The summed E-state index contributed by atoms with van der Waals surface area (Å²) < 4.78 is 29.6. The first-order valence-electron chi connectivity index (χ1n) is 7.83. The van der Waals surface area contributed by atoms with E-state index in [1.807, 2.05) is 31.2 Å². The number of benzene rings is 3. The summed E-state index contributed by atoms with van der Waals surface area (Å²) >= 11 is 5.77. The van der Waals surface area contributed by atoms with E-state index in [0.29, 0.717) is 5.02 Å². The van der Waals surface area contributed by atoms with Gasteiger partial charge >= 0.3 is 10.1 Å². The van der Waals surface area contributed by atoms with Gasteiger partial charge in [-0.1, -0.05) is 29.3 Å². The molecule has 26 heavy (non-hydrogen) atoms. The third-order valence-electron chi connectivity index (χ3n) is 3.59. The Morgan fingerprint density at radius 2 is 1.50 bits per heavy atom. The molecule has 3 rings (SSSR count). The highest BCUT2D eigenvalue weighted by molar-refractivity contribution is 7.87. The van der Waals surface area contributed by atoms with Crippen molar-refractivity contribution in [1.82, 2.24) is 0 Å². The molecule has 0 spiro atoms. The van der Waals surface area contributed by atoms with E-state index in [1.165, 1.54) is 29.8 Å². The Kier molecular flexibility index (Phi) is 5.40. The van der Waals surface area contributed by atoms with Crippen LogP contribution in [0.1, 0.15) is 11.1 Å². The molecule has 0 saturated heterocycles. The fraction of sp³-hybridized carbons (Fsp3) is 0.0500. The van der Waals surface area contributed by atoms with E-state index in [2.05, 4.69) is 4.99 Å². The van der Waals surface area contributed by atoms with Crippen LogP contribution in [-0.4, -0.2) is 14.6 Å². The second-order valence-corrected chi connectivity index (χ2v) is 7.64. The lowest BCUT2D eigenvalue weighted by Gasteiger charge is -2.07. The Bertz CT molecular complexity index is 1010. The molecule has 0 aromatic heterocycles. The number of aryl methyl sites for hydroxylation is 1. The monoisotopic (exact) mass is 385 g/mol. The molecule has 0 saturated carbocycles. The number of hydrogen-bond acceptors (Lipinski definition) is 4. The smallest absolute Gasteiger partial charge is 0.339 e. The Balaban J connectivity index is 1.71. The van der Waals surface area contributed by atoms with E-state index >= 15 is 0 Å². The summed E-state index contributed by atoms with van der Waals surface area (Å²) in [6.45, 7) is 2.02. The SMILES string of the molecule is Cc1ccc(N=Cc2ccc(OS(=O)(=O)c3ccc(Cl)cc3)cc2)cc1. The lowest BCUT2D eigenvalue weighted by atomic mass is 10.2. The first-order valence-corrected chi connectivity index (χ1v) is 9.62. The highest BCUT2D eigenvalue weighted by atomic mass is 35.5. The average molecular weight is 386 g/mol. The van der Waals surface area contributed by atoms with Crippen LogP contribution in [0, 0.1) is 6.92 Å². The predicted octanol–water partition coefficient (Wildman–Crippen LogP) is 5.17. The van der Waals surface area contributed by atoms with Crippen LogP contribution in [-0.2, 0) is 10.1 Å². The number of nitrogens with zero attached hydrogens (tertiary/aromatic N) is 1. The van der Waals surface area contributed by atoms with E-state index in [9.17, 15) is 8.42 Å². The van der Waals surface area contributed by atoms with Crippen molar-refractivity contribution in [2.75, 3.05) is 0 Å². The number of hydrogen-bond donors (Lipinski definition) is 0. The molecule has 0 aliphatic heterocycles. The molecule has 0 atom stereocenters. The lowest BCUT2D eigenvalue weighted by molar-refractivity contribution is 0.486. The van der Waals surface area contributed by atoms with Crippen molar-refractivity contribution in [1.29, 1.82) is 0 Å². The predicted molar refractivity (Wildman–Crippen MR) is 104 cm³/mol. The third-order valence-corrected chi connectivity index (χ3v) is 5.10. The zero-order chi connectivity index (χ0) is 18.6. The lowest BCUT2D eigenvalue weighted by Crippen LogP contribution is -2.09. The fourth-order valence-electron chi connectivity index (χ4n) is 2.17. The summed E-state index contributed by atoms with van der Waals surface area (Å²) in [6, 6.07) is 20.3. The van der Waals surface area contributed by atoms with E-state index in [-0.39, 0.29) is 10.6 Å². The number of halogens is 1. The standard InChI is InChI=1S/C20H16ClNO3S/c1-15-2-8-18(9-3-15)22-14-16-4-10-19(11-5-16)25-26(23,24)20-12-6-17(21)7-13-20/h2-14H,1H3. The minimum Gasteiger partial charge on any atom is -0.379 e. The van der Waals surface area contributed by atoms with Crippen LogP contribution in [0.2, 0.25) is 5.02 Å². The van der Waals surface area contributed by atoms with Crippen LogP contribution in [0.4, 0.5) is 5.69 Å². The van der Waals surface area contributed by atoms with Crippen molar-refractivity contribution < 1.29 is 12.6 Å². The van der Waals surface area contributed by atoms with Crippen LogP contribution < -0.4 is 4.18 Å². The van der Waals surface area contributed by atoms with Gasteiger partial charge in [-0.3, -0.25) is 4.99 Å². The van der Waals surface area contributed by atoms with Crippen LogP contribution >= 0.6 is 11.6 Å². The number of rotatable bonds is 5. The summed E-state index contributed by atoms with van der Waals surface area (Å²) in [5.74, 6) is 0.229. The molecule has 6 heteroatoms. The quantitative estimate of drug-likeness (QED) is 0.450. The zero-order valence-electron chi connectivity index (χ0n) is 14.0. The first-order chi connectivity index (χ1) is 12.4. The molecule has 0 aliphatic rings. The second-order valence-electron chi connectivity index (χ2n) is 5.65. The molecule has 3 aromatic carbocycles. The van der Waals surface area contributed by atoms with Crippen molar-refractivity contribution in [2.24, 2.45) is 4.99 Å². The van der Waals surface area contributed by atoms with Gasteiger partial charge < -0.3 is 4.18 Å². The van der Waals surface area contributed by atoms with Gasteiger partial charge in [0.15, 0.2) is 0 Å². The van der Waals surface area contributed by atoms with Gasteiger partial charge in [0.1, 0.15) is 10.6 Å². The summed E-state index contributed by atoms with van der Waals surface area (Å²) in [5.41, 5.74) is 2.86. The molecule has 0 N–H and O–H groups in total. The van der Waals surface area contributed by atoms with Gasteiger partial charge in [0.2, 0.25) is 0 Å². The van der Waals surface area contributed by atoms with Crippen molar-refractivity contribution in [3.63, 3.8) is 0 Å². The van der Waals surface area contributed by atoms with Gasteiger partial charge in [0, 0.05) is 11.2 Å².